The highest BCUT2D eigenvalue weighted by atomic mass is 35.5. The Balaban J connectivity index is 0.692. The van der Waals surface area contributed by atoms with Gasteiger partial charge in [0.05, 0.1) is 111 Å². The molecule has 3 aliphatic rings. The molecule has 2 saturated heterocycles. The van der Waals surface area contributed by atoms with Crippen LogP contribution in [0.5, 0.6) is 5.75 Å². The Morgan fingerprint density at radius 1 is 0.744 bits per heavy atom. The average molecular weight is 1120 g/mol. The largest absolute Gasteiger partial charge is 0.489 e. The summed E-state index contributed by atoms with van der Waals surface area (Å²) in [5.74, 6) is -0.548. The van der Waals surface area contributed by atoms with Gasteiger partial charge in [-0.05, 0) is 120 Å². The van der Waals surface area contributed by atoms with Crippen LogP contribution in [-0.4, -0.2) is 175 Å². The fraction of sp³-hybridized carbons (Fsp3) is 0.527. The summed E-state index contributed by atoms with van der Waals surface area (Å²) in [6.45, 7) is 18.7. The molecule has 4 amide bonds. The summed E-state index contributed by atoms with van der Waals surface area (Å²) < 4.78 is 60.7. The van der Waals surface area contributed by atoms with Crippen LogP contribution in [0.15, 0.2) is 65.7 Å². The lowest BCUT2D eigenvalue weighted by molar-refractivity contribution is -0.136. The van der Waals surface area contributed by atoms with E-state index in [0.717, 1.165) is 61.7 Å². The minimum atomic E-state index is -3.58. The maximum Gasteiger partial charge on any atom is 0.264 e. The number of hydrogen-bond donors (Lipinski definition) is 5. The first kappa shape index (κ1) is 59.8. The lowest BCUT2D eigenvalue weighted by atomic mass is 9.86. The summed E-state index contributed by atoms with van der Waals surface area (Å²) in [6, 6.07) is 14.8. The van der Waals surface area contributed by atoms with Crippen molar-refractivity contribution < 1.29 is 56.0 Å². The number of aryl methyl sites for hydroxylation is 1. The van der Waals surface area contributed by atoms with Crippen molar-refractivity contribution in [3.05, 3.63) is 88.1 Å². The molecule has 1 atom stereocenters. The molecule has 0 saturated carbocycles. The maximum atomic E-state index is 13.2. The fourth-order valence-electron chi connectivity index (χ4n) is 9.30. The van der Waals surface area contributed by atoms with Gasteiger partial charge < -0.3 is 54.6 Å². The molecule has 0 spiro atoms. The highest BCUT2D eigenvalue weighted by Gasteiger charge is 2.45. The van der Waals surface area contributed by atoms with Crippen molar-refractivity contribution in [2.75, 3.05) is 121 Å². The number of nitrogens with one attached hydrogen (secondary N) is 5. The normalized spacial score (nSPS) is 16.3. The monoisotopic (exact) mass is 1120 g/mol. The topological polar surface area (TPSA) is 250 Å². The van der Waals surface area contributed by atoms with E-state index >= 15 is 0 Å². The second kappa shape index (κ2) is 29.4. The number of amides is 4. The summed E-state index contributed by atoms with van der Waals surface area (Å²) in [6.07, 6.45) is 3.63. The zero-order valence-electron chi connectivity index (χ0n) is 45.2. The minimum absolute atomic E-state index is 0.0595. The van der Waals surface area contributed by atoms with Crippen molar-refractivity contribution >= 4 is 73.9 Å². The van der Waals surface area contributed by atoms with E-state index in [2.05, 4.69) is 60.5 Å². The Bertz CT molecular complexity index is 2800. The van der Waals surface area contributed by atoms with Crippen molar-refractivity contribution in [2.24, 2.45) is 0 Å². The molecule has 0 aliphatic carbocycles. The number of para-hydroxylation sites is 1. The van der Waals surface area contributed by atoms with Crippen LogP contribution in [0.25, 0.3) is 0 Å². The van der Waals surface area contributed by atoms with E-state index in [1.165, 1.54) is 11.8 Å². The van der Waals surface area contributed by atoms with Crippen LogP contribution in [0, 0.1) is 6.92 Å². The first-order chi connectivity index (χ1) is 37.6. The SMILES string of the molecule is Cc1cc(Nc2ncc(Cl)c(Nc3ccccc3S(=O)(=O)C(C)C)n2)c(OC(C)C)cc1C1CCN(CCNCCOCCOCCOCCOCCOCCNc2cccc3c2C(=O)N(C2CCC(=O)NC2=O)C3=O)CC1. The number of likely N-dealkylation sites (tertiary alicyclic amines) is 1. The standard InChI is InChI=1S/C55H74ClN9O12S/c1-36(2)77-47-34-41(38(5)33-45(47)61-55-59-35-42(56)51(63-55)60-43-10-6-7-12-48(43)78(70,71)37(3)4)39-15-20-64(21-16-39)22-17-57-18-23-72-25-27-74-29-31-76-32-30-75-28-26-73-24-19-58-44-11-8-9-40-50(44)54(69)65(53(40)68)46-13-14-49(66)62-52(46)67/h6-12,33-37,39,46,57-58H,13-32H2,1-5H3,(H,62,66,67)(H2,59,60,61,63). The van der Waals surface area contributed by atoms with Gasteiger partial charge in [-0.15, -0.1) is 0 Å². The Hall–Kier alpha value is -5.82. The number of halogens is 1. The van der Waals surface area contributed by atoms with Crippen molar-refractivity contribution in [2.45, 2.75) is 88.5 Å². The molecule has 424 valence electrons. The molecule has 78 heavy (non-hydrogen) atoms. The minimum Gasteiger partial charge on any atom is -0.489 e. The number of imide groups is 2. The number of aromatic nitrogens is 2. The van der Waals surface area contributed by atoms with Crippen LogP contribution in [0.4, 0.5) is 28.8 Å². The highest BCUT2D eigenvalue weighted by Crippen LogP contribution is 2.39. The van der Waals surface area contributed by atoms with Crippen LogP contribution >= 0.6 is 11.6 Å². The van der Waals surface area contributed by atoms with Gasteiger partial charge in [0.25, 0.3) is 11.8 Å². The molecule has 3 aliphatic heterocycles. The number of piperidine rings is 2. The lowest BCUT2D eigenvalue weighted by Crippen LogP contribution is -2.54. The smallest absolute Gasteiger partial charge is 0.264 e. The highest BCUT2D eigenvalue weighted by molar-refractivity contribution is 7.92. The van der Waals surface area contributed by atoms with Crippen LogP contribution in [0.2, 0.25) is 5.02 Å². The number of ether oxygens (including phenoxy) is 6. The number of carbonyl (C=O) groups excluding carboxylic acids is 4. The predicted molar refractivity (Wildman–Crippen MR) is 296 cm³/mol. The summed E-state index contributed by atoms with van der Waals surface area (Å²) in [5.41, 5.74) is 4.39. The summed E-state index contributed by atoms with van der Waals surface area (Å²) >= 11 is 6.52. The number of sulfone groups is 1. The molecule has 4 aromatic rings. The van der Waals surface area contributed by atoms with E-state index in [0.29, 0.717) is 95.7 Å². The van der Waals surface area contributed by atoms with Gasteiger partial charge in [0.2, 0.25) is 17.8 Å². The maximum absolute atomic E-state index is 13.2. The second-order valence-corrected chi connectivity index (χ2v) is 22.5. The molecule has 4 heterocycles. The van der Waals surface area contributed by atoms with Crippen LogP contribution in [0.1, 0.15) is 91.1 Å². The van der Waals surface area contributed by atoms with Gasteiger partial charge in [0.15, 0.2) is 15.7 Å². The molecule has 21 nitrogen and oxygen atoms in total. The van der Waals surface area contributed by atoms with Gasteiger partial charge in [-0.3, -0.25) is 29.4 Å². The van der Waals surface area contributed by atoms with E-state index in [-0.39, 0.29) is 51.8 Å². The summed E-state index contributed by atoms with van der Waals surface area (Å²) in [5, 5.41) is 14.9. The van der Waals surface area contributed by atoms with Crippen molar-refractivity contribution in [1.82, 2.24) is 30.4 Å². The van der Waals surface area contributed by atoms with Gasteiger partial charge in [0.1, 0.15) is 16.8 Å². The van der Waals surface area contributed by atoms with Gasteiger partial charge in [0, 0.05) is 38.3 Å². The molecule has 2 fully saturated rings. The van der Waals surface area contributed by atoms with Crippen LogP contribution in [0.3, 0.4) is 0 Å². The molecular formula is C55H74ClN9O12S. The molecule has 7 rings (SSSR count). The predicted octanol–water partition coefficient (Wildman–Crippen LogP) is 6.26. The molecule has 0 bridgehead atoms. The van der Waals surface area contributed by atoms with Gasteiger partial charge in [-0.1, -0.05) is 29.8 Å². The molecule has 1 unspecified atom stereocenters. The fourth-order valence-corrected chi connectivity index (χ4v) is 10.6. The first-order valence-electron chi connectivity index (χ1n) is 26.7. The lowest BCUT2D eigenvalue weighted by Gasteiger charge is -2.33. The van der Waals surface area contributed by atoms with E-state index in [1.54, 1.807) is 56.3 Å². The second-order valence-electron chi connectivity index (χ2n) is 19.6. The van der Waals surface area contributed by atoms with Crippen molar-refractivity contribution in [1.29, 1.82) is 0 Å². The number of rotatable bonds is 32. The van der Waals surface area contributed by atoms with Gasteiger partial charge in [-0.2, -0.15) is 4.98 Å². The van der Waals surface area contributed by atoms with E-state index < -0.39 is 44.8 Å². The van der Waals surface area contributed by atoms with Gasteiger partial charge in [-0.25, -0.2) is 13.4 Å². The summed E-state index contributed by atoms with van der Waals surface area (Å²) in [4.78, 5) is 62.9. The van der Waals surface area contributed by atoms with E-state index in [9.17, 15) is 27.6 Å². The zero-order valence-corrected chi connectivity index (χ0v) is 46.8. The molecular weight excluding hydrogens is 1050 g/mol. The van der Waals surface area contributed by atoms with Crippen molar-refractivity contribution in [3.63, 3.8) is 0 Å². The third-order valence-corrected chi connectivity index (χ3v) is 15.8. The third-order valence-electron chi connectivity index (χ3n) is 13.4. The summed E-state index contributed by atoms with van der Waals surface area (Å²) in [7, 11) is -3.58. The Morgan fingerprint density at radius 3 is 2.04 bits per heavy atom. The molecule has 5 N–H and O–H groups in total. The van der Waals surface area contributed by atoms with Crippen molar-refractivity contribution in [3.8, 4) is 5.75 Å². The number of carbonyl (C=O) groups is 4. The Kier molecular flexibility index (Phi) is 22.6. The zero-order chi connectivity index (χ0) is 55.6. The molecule has 1 aromatic heterocycles. The number of benzene rings is 3. The number of hydrogen-bond acceptors (Lipinski definition) is 19. The molecule has 0 radical (unpaired) electrons. The quantitative estimate of drug-likeness (QED) is 0.0267. The van der Waals surface area contributed by atoms with E-state index in [1.807, 2.05) is 13.8 Å². The molecule has 3 aromatic carbocycles. The number of nitrogens with zero attached hydrogens (tertiary/aromatic N) is 4. The van der Waals surface area contributed by atoms with Crippen LogP contribution < -0.4 is 31.3 Å². The molecule has 23 heteroatoms. The number of fused-ring (bicyclic) bond motifs is 1. The third kappa shape index (κ3) is 16.4. The van der Waals surface area contributed by atoms with Crippen LogP contribution in [-0.2, 0) is 43.1 Å². The average Bonchev–Trinajstić information content (AvgIpc) is 3.67. The first-order valence-corrected chi connectivity index (χ1v) is 28.7. The Morgan fingerprint density at radius 2 is 1.38 bits per heavy atom. The Labute approximate surface area is 462 Å². The van der Waals surface area contributed by atoms with Gasteiger partial charge >= 0.3 is 0 Å². The van der Waals surface area contributed by atoms with E-state index in [4.69, 9.17) is 40.0 Å². The number of anilines is 5.